The summed E-state index contributed by atoms with van der Waals surface area (Å²) in [5.74, 6) is 2.02. The number of imidazole rings is 1. The fraction of sp³-hybridized carbons (Fsp3) is 0.636. The van der Waals surface area contributed by atoms with Crippen molar-refractivity contribution in [3.8, 4) is 0 Å². The quantitative estimate of drug-likeness (QED) is 0.848. The molecule has 3 aliphatic heterocycles. The van der Waals surface area contributed by atoms with E-state index in [1.165, 1.54) is 5.52 Å². The molecular formula is C22H32N6O. The van der Waals surface area contributed by atoms with Gasteiger partial charge in [0.05, 0.1) is 17.1 Å². The molecule has 7 nitrogen and oxygen atoms in total. The van der Waals surface area contributed by atoms with Gasteiger partial charge in [0.2, 0.25) is 11.9 Å². The third-order valence-corrected chi connectivity index (χ3v) is 7.02. The van der Waals surface area contributed by atoms with Crippen molar-refractivity contribution in [3.63, 3.8) is 0 Å². The van der Waals surface area contributed by atoms with Gasteiger partial charge in [0, 0.05) is 58.9 Å². The molecule has 4 heterocycles. The normalized spacial score (nSPS) is 28.6. The monoisotopic (exact) mass is 396 g/mol. The van der Waals surface area contributed by atoms with Crippen molar-refractivity contribution in [2.24, 2.45) is 13.0 Å². The molecule has 156 valence electrons. The number of carbonyl (C=O) groups excluding carboxylic acids is 1. The Morgan fingerprint density at radius 3 is 2.66 bits per heavy atom. The molecule has 3 fully saturated rings. The van der Waals surface area contributed by atoms with Crippen LogP contribution in [0.2, 0.25) is 0 Å². The number of rotatable bonds is 3. The zero-order valence-corrected chi connectivity index (χ0v) is 17.5. The molecule has 3 aliphatic rings. The Morgan fingerprint density at radius 1 is 1.14 bits per heavy atom. The number of nitrogens with zero attached hydrogens (tertiary/aromatic N) is 5. The van der Waals surface area contributed by atoms with Gasteiger partial charge in [0.1, 0.15) is 0 Å². The van der Waals surface area contributed by atoms with Crippen molar-refractivity contribution in [1.29, 1.82) is 0 Å². The largest absolute Gasteiger partial charge is 0.341 e. The fourth-order valence-corrected chi connectivity index (χ4v) is 5.24. The first kappa shape index (κ1) is 18.9. The van der Waals surface area contributed by atoms with Crippen LogP contribution in [0.5, 0.6) is 0 Å². The molecule has 0 aliphatic carbocycles. The number of likely N-dealkylation sites (tertiary alicyclic amines) is 1. The fourth-order valence-electron chi connectivity index (χ4n) is 5.24. The Kier molecular flexibility index (Phi) is 4.95. The Hall–Kier alpha value is -2.12. The molecule has 1 aromatic carbocycles. The van der Waals surface area contributed by atoms with Crippen LogP contribution in [0.25, 0.3) is 11.0 Å². The second-order valence-electron chi connectivity index (χ2n) is 9.01. The SMILES string of the molecule is CC1CCN(C(=O)[C@@H]2C[C@H](N3CCN(c4nc5ccccc5n4C)CC3)CN2)C1. The van der Waals surface area contributed by atoms with Crippen LogP contribution in [0.4, 0.5) is 5.95 Å². The predicted molar refractivity (Wildman–Crippen MR) is 115 cm³/mol. The second-order valence-corrected chi connectivity index (χ2v) is 9.01. The lowest BCUT2D eigenvalue weighted by atomic mass is 10.1. The van der Waals surface area contributed by atoms with Gasteiger partial charge in [0.25, 0.3) is 0 Å². The molecule has 1 unspecified atom stereocenters. The van der Waals surface area contributed by atoms with E-state index in [1.807, 2.05) is 6.07 Å². The zero-order chi connectivity index (χ0) is 20.0. The molecule has 0 saturated carbocycles. The van der Waals surface area contributed by atoms with Gasteiger partial charge in [-0.25, -0.2) is 4.98 Å². The number of amides is 1. The van der Waals surface area contributed by atoms with Crippen LogP contribution in [0.15, 0.2) is 24.3 Å². The Morgan fingerprint density at radius 2 is 1.93 bits per heavy atom. The van der Waals surface area contributed by atoms with Crippen molar-refractivity contribution in [2.75, 3.05) is 50.7 Å². The van der Waals surface area contributed by atoms with Crippen molar-refractivity contribution in [3.05, 3.63) is 24.3 Å². The van der Waals surface area contributed by atoms with Gasteiger partial charge in [-0.05, 0) is 30.9 Å². The minimum Gasteiger partial charge on any atom is -0.341 e. The molecule has 1 aromatic heterocycles. The van der Waals surface area contributed by atoms with E-state index in [2.05, 4.69) is 56.8 Å². The summed E-state index contributed by atoms with van der Waals surface area (Å²) in [4.78, 5) is 24.7. The number of anilines is 1. The molecule has 2 aromatic rings. The van der Waals surface area contributed by atoms with Crippen LogP contribution >= 0.6 is 0 Å². The predicted octanol–water partition coefficient (Wildman–Crippen LogP) is 1.29. The van der Waals surface area contributed by atoms with Crippen molar-refractivity contribution in [2.45, 2.75) is 31.8 Å². The van der Waals surface area contributed by atoms with E-state index in [4.69, 9.17) is 4.98 Å². The number of benzene rings is 1. The van der Waals surface area contributed by atoms with Gasteiger partial charge < -0.3 is 19.7 Å². The molecule has 1 amide bonds. The second kappa shape index (κ2) is 7.61. The average Bonchev–Trinajstić information content (AvgIpc) is 3.47. The van der Waals surface area contributed by atoms with Gasteiger partial charge in [-0.1, -0.05) is 19.1 Å². The first-order valence-corrected chi connectivity index (χ1v) is 11.0. The van der Waals surface area contributed by atoms with Gasteiger partial charge >= 0.3 is 0 Å². The summed E-state index contributed by atoms with van der Waals surface area (Å²) in [6.07, 6.45) is 2.09. The molecule has 1 N–H and O–H groups in total. The summed E-state index contributed by atoms with van der Waals surface area (Å²) in [7, 11) is 2.10. The van der Waals surface area contributed by atoms with Crippen LogP contribution in [0.3, 0.4) is 0 Å². The summed E-state index contributed by atoms with van der Waals surface area (Å²) < 4.78 is 2.20. The maximum atomic E-state index is 12.8. The molecule has 3 atom stereocenters. The summed E-state index contributed by atoms with van der Waals surface area (Å²) in [5, 5.41) is 3.50. The topological polar surface area (TPSA) is 56.6 Å². The maximum absolute atomic E-state index is 12.8. The van der Waals surface area contributed by atoms with E-state index >= 15 is 0 Å². The van der Waals surface area contributed by atoms with Crippen molar-refractivity contribution in [1.82, 2.24) is 24.7 Å². The smallest absolute Gasteiger partial charge is 0.239 e. The van der Waals surface area contributed by atoms with Gasteiger partial charge in [-0.15, -0.1) is 0 Å². The van der Waals surface area contributed by atoms with E-state index in [0.717, 1.165) is 70.1 Å². The van der Waals surface area contributed by atoms with Crippen LogP contribution in [-0.4, -0.2) is 83.2 Å². The van der Waals surface area contributed by atoms with Crippen LogP contribution in [0.1, 0.15) is 19.8 Å². The Bertz CT molecular complexity index is 887. The first-order valence-electron chi connectivity index (χ1n) is 11.0. The third kappa shape index (κ3) is 3.51. The minimum atomic E-state index is 0.00293. The first-order chi connectivity index (χ1) is 14.1. The van der Waals surface area contributed by atoms with E-state index in [-0.39, 0.29) is 6.04 Å². The van der Waals surface area contributed by atoms with Gasteiger partial charge in [-0.3, -0.25) is 9.69 Å². The molecule has 0 spiro atoms. The van der Waals surface area contributed by atoms with Crippen LogP contribution < -0.4 is 10.2 Å². The number of nitrogens with one attached hydrogen (secondary N) is 1. The van der Waals surface area contributed by atoms with E-state index in [0.29, 0.717) is 17.9 Å². The van der Waals surface area contributed by atoms with E-state index in [1.54, 1.807) is 0 Å². The molecule has 3 saturated heterocycles. The summed E-state index contributed by atoms with van der Waals surface area (Å²) >= 11 is 0. The molecule has 5 rings (SSSR count). The highest BCUT2D eigenvalue weighted by atomic mass is 16.2. The number of piperazine rings is 1. The Balaban J connectivity index is 1.18. The highest BCUT2D eigenvalue weighted by Crippen LogP contribution is 2.24. The number of aryl methyl sites for hydroxylation is 1. The lowest BCUT2D eigenvalue weighted by Gasteiger charge is -2.38. The molecule has 7 heteroatoms. The number of aromatic nitrogens is 2. The summed E-state index contributed by atoms with van der Waals surface area (Å²) in [6.45, 7) is 9.03. The van der Waals surface area contributed by atoms with Crippen LogP contribution in [-0.2, 0) is 11.8 Å². The third-order valence-electron chi connectivity index (χ3n) is 7.02. The number of para-hydroxylation sites is 2. The number of hydrogen-bond donors (Lipinski definition) is 1. The molecular weight excluding hydrogens is 364 g/mol. The molecule has 29 heavy (non-hydrogen) atoms. The lowest BCUT2D eigenvalue weighted by Crippen LogP contribution is -2.51. The highest BCUT2D eigenvalue weighted by molar-refractivity contribution is 5.82. The summed E-state index contributed by atoms with van der Waals surface area (Å²) in [5.41, 5.74) is 2.24. The number of fused-ring (bicyclic) bond motifs is 1. The van der Waals surface area contributed by atoms with Gasteiger partial charge in [-0.2, -0.15) is 0 Å². The standard InChI is InChI=1S/C22H32N6O/c1-16-7-8-28(15-16)21(29)19-13-17(14-23-19)26-9-11-27(12-10-26)22-24-18-5-3-4-6-20(18)25(22)2/h3-6,16-17,19,23H,7-15H2,1-2H3/t16?,17-,19-/m0/s1. The van der Waals surface area contributed by atoms with Gasteiger partial charge in [0.15, 0.2) is 0 Å². The van der Waals surface area contributed by atoms with E-state index in [9.17, 15) is 4.79 Å². The number of hydrogen-bond acceptors (Lipinski definition) is 5. The highest BCUT2D eigenvalue weighted by Gasteiger charge is 2.37. The maximum Gasteiger partial charge on any atom is 0.239 e. The number of carbonyl (C=O) groups is 1. The Labute approximate surface area is 172 Å². The van der Waals surface area contributed by atoms with Crippen molar-refractivity contribution < 1.29 is 4.79 Å². The van der Waals surface area contributed by atoms with E-state index < -0.39 is 0 Å². The summed E-state index contributed by atoms with van der Waals surface area (Å²) in [6, 6.07) is 8.79. The van der Waals surface area contributed by atoms with Crippen molar-refractivity contribution >= 4 is 22.9 Å². The van der Waals surface area contributed by atoms with Crippen LogP contribution in [0, 0.1) is 5.92 Å². The average molecular weight is 397 g/mol. The lowest BCUT2D eigenvalue weighted by molar-refractivity contribution is -0.132. The minimum absolute atomic E-state index is 0.00293. The molecule has 0 radical (unpaired) electrons. The molecule has 0 bridgehead atoms. The zero-order valence-electron chi connectivity index (χ0n) is 17.5.